The fraction of sp³-hybridized carbons (Fsp3) is 0.389. The van der Waals surface area contributed by atoms with E-state index in [1.54, 1.807) is 17.6 Å². The SMILES string of the molecule is Cc1nnc2n1CC(C(=O)O)N(C(=O)C1CC(=O)N(c3ccccc3F)C1)C2. The molecule has 0 saturated carbocycles. The van der Waals surface area contributed by atoms with Gasteiger partial charge in [-0.3, -0.25) is 9.59 Å². The second-order valence-electron chi connectivity index (χ2n) is 6.95. The van der Waals surface area contributed by atoms with E-state index in [0.717, 1.165) is 0 Å². The van der Waals surface area contributed by atoms with E-state index in [1.807, 2.05) is 0 Å². The van der Waals surface area contributed by atoms with Crippen molar-refractivity contribution in [3.05, 3.63) is 41.7 Å². The fourth-order valence-electron chi connectivity index (χ4n) is 3.77. The number of halogens is 1. The number of aromatic nitrogens is 3. The van der Waals surface area contributed by atoms with Crippen LogP contribution in [0.15, 0.2) is 24.3 Å². The summed E-state index contributed by atoms with van der Waals surface area (Å²) in [6.07, 6.45) is -0.0955. The molecule has 9 nitrogen and oxygen atoms in total. The highest BCUT2D eigenvalue weighted by molar-refractivity contribution is 6.01. The van der Waals surface area contributed by atoms with Gasteiger partial charge in [0.2, 0.25) is 11.8 Å². The Labute approximate surface area is 159 Å². The van der Waals surface area contributed by atoms with Gasteiger partial charge in [-0.25, -0.2) is 9.18 Å². The lowest BCUT2D eigenvalue weighted by atomic mass is 10.0. The average molecular weight is 387 g/mol. The Bertz CT molecular complexity index is 975. The molecule has 28 heavy (non-hydrogen) atoms. The summed E-state index contributed by atoms with van der Waals surface area (Å²) in [5.41, 5.74) is 0.117. The first-order chi connectivity index (χ1) is 13.4. The number of rotatable bonds is 3. The lowest BCUT2D eigenvalue weighted by Crippen LogP contribution is -2.52. The molecule has 1 saturated heterocycles. The van der Waals surface area contributed by atoms with Gasteiger partial charge in [-0.2, -0.15) is 0 Å². The van der Waals surface area contributed by atoms with Gasteiger partial charge < -0.3 is 19.5 Å². The van der Waals surface area contributed by atoms with Crippen LogP contribution < -0.4 is 4.90 Å². The van der Waals surface area contributed by atoms with Gasteiger partial charge in [-0.15, -0.1) is 10.2 Å². The molecule has 3 heterocycles. The average Bonchev–Trinajstić information content (AvgIpc) is 3.23. The van der Waals surface area contributed by atoms with Crippen molar-refractivity contribution in [2.24, 2.45) is 5.92 Å². The summed E-state index contributed by atoms with van der Waals surface area (Å²) >= 11 is 0. The summed E-state index contributed by atoms with van der Waals surface area (Å²) in [6, 6.07) is 4.78. The van der Waals surface area contributed by atoms with Gasteiger partial charge in [0.15, 0.2) is 5.82 Å². The highest BCUT2D eigenvalue weighted by atomic mass is 19.1. The summed E-state index contributed by atoms with van der Waals surface area (Å²) in [7, 11) is 0. The predicted molar refractivity (Wildman–Crippen MR) is 93.6 cm³/mol. The minimum absolute atomic E-state index is 0.00102. The van der Waals surface area contributed by atoms with Gasteiger partial charge in [-0.1, -0.05) is 12.1 Å². The number of hydrogen-bond acceptors (Lipinski definition) is 5. The normalized spacial score (nSPS) is 21.7. The number of para-hydroxylation sites is 1. The van der Waals surface area contributed by atoms with Crippen LogP contribution in [0.3, 0.4) is 0 Å². The molecule has 2 aliphatic heterocycles. The van der Waals surface area contributed by atoms with Crippen molar-refractivity contribution in [1.29, 1.82) is 0 Å². The minimum Gasteiger partial charge on any atom is -0.480 e. The number of amides is 2. The quantitative estimate of drug-likeness (QED) is 0.825. The molecule has 2 aliphatic rings. The molecule has 146 valence electrons. The third-order valence-corrected chi connectivity index (χ3v) is 5.24. The molecule has 1 fully saturated rings. The summed E-state index contributed by atoms with van der Waals surface area (Å²) in [6.45, 7) is 1.77. The first-order valence-electron chi connectivity index (χ1n) is 8.83. The molecule has 2 atom stereocenters. The van der Waals surface area contributed by atoms with E-state index in [1.165, 1.54) is 28.0 Å². The molecule has 0 aliphatic carbocycles. The molecule has 1 N–H and O–H groups in total. The molecular weight excluding hydrogens is 369 g/mol. The van der Waals surface area contributed by atoms with Crippen LogP contribution >= 0.6 is 0 Å². The Morgan fingerprint density at radius 3 is 2.68 bits per heavy atom. The van der Waals surface area contributed by atoms with Crippen molar-refractivity contribution in [2.75, 3.05) is 11.4 Å². The second-order valence-corrected chi connectivity index (χ2v) is 6.95. The number of nitrogens with zero attached hydrogens (tertiary/aromatic N) is 5. The number of benzene rings is 1. The molecule has 0 bridgehead atoms. The maximum atomic E-state index is 14.0. The van der Waals surface area contributed by atoms with Crippen molar-refractivity contribution >= 4 is 23.5 Å². The number of carbonyl (C=O) groups is 3. The number of aliphatic carboxylic acids is 1. The van der Waals surface area contributed by atoms with Crippen molar-refractivity contribution < 1.29 is 23.9 Å². The monoisotopic (exact) mass is 387 g/mol. The maximum Gasteiger partial charge on any atom is 0.328 e. The number of hydrogen-bond donors (Lipinski definition) is 1. The summed E-state index contributed by atoms with van der Waals surface area (Å²) in [4.78, 5) is 39.7. The number of carboxylic acid groups (broad SMARTS) is 1. The van der Waals surface area contributed by atoms with Gasteiger partial charge in [0.1, 0.15) is 17.7 Å². The Morgan fingerprint density at radius 2 is 1.96 bits per heavy atom. The molecule has 0 radical (unpaired) electrons. The second kappa shape index (κ2) is 6.70. The largest absolute Gasteiger partial charge is 0.480 e. The third-order valence-electron chi connectivity index (χ3n) is 5.24. The van der Waals surface area contributed by atoms with Gasteiger partial charge in [0.05, 0.1) is 24.7 Å². The van der Waals surface area contributed by atoms with Crippen LogP contribution in [0.1, 0.15) is 18.1 Å². The number of fused-ring (bicyclic) bond motifs is 1. The van der Waals surface area contributed by atoms with Gasteiger partial charge in [-0.05, 0) is 19.1 Å². The Morgan fingerprint density at radius 1 is 1.21 bits per heavy atom. The lowest BCUT2D eigenvalue weighted by Gasteiger charge is -2.34. The van der Waals surface area contributed by atoms with Crippen LogP contribution in [0.4, 0.5) is 10.1 Å². The summed E-state index contributed by atoms with van der Waals surface area (Å²) in [5, 5.41) is 17.5. The van der Waals surface area contributed by atoms with E-state index < -0.39 is 29.7 Å². The number of carboxylic acids is 1. The van der Waals surface area contributed by atoms with Gasteiger partial charge in [0.25, 0.3) is 0 Å². The fourth-order valence-corrected chi connectivity index (χ4v) is 3.77. The standard InChI is InChI=1S/C18H18FN5O4/c1-10-20-21-15-9-24(14(18(27)28)8-22(10)15)17(26)11-6-16(25)23(7-11)13-5-3-2-4-12(13)19/h2-5,11,14H,6-9H2,1H3,(H,27,28). The minimum atomic E-state index is -1.14. The number of anilines is 1. The Kier molecular flexibility index (Phi) is 4.33. The molecule has 2 unspecified atom stereocenters. The molecular formula is C18H18FN5O4. The first kappa shape index (κ1) is 18.1. The predicted octanol–water partition coefficient (Wildman–Crippen LogP) is 0.574. The van der Waals surface area contributed by atoms with Crippen LogP contribution in [0.2, 0.25) is 0 Å². The first-order valence-corrected chi connectivity index (χ1v) is 8.83. The zero-order chi connectivity index (χ0) is 20.0. The Balaban J connectivity index is 1.58. The van der Waals surface area contributed by atoms with Crippen LogP contribution in [-0.4, -0.2) is 55.1 Å². The molecule has 0 spiro atoms. The summed E-state index contributed by atoms with van der Waals surface area (Å²) in [5.74, 6) is -2.17. The summed E-state index contributed by atoms with van der Waals surface area (Å²) < 4.78 is 15.7. The Hall–Kier alpha value is -3.30. The van der Waals surface area contributed by atoms with Crippen molar-refractivity contribution in [3.63, 3.8) is 0 Å². The molecule has 1 aromatic heterocycles. The molecule has 1 aromatic carbocycles. The highest BCUT2D eigenvalue weighted by Gasteiger charge is 2.43. The third kappa shape index (κ3) is 2.90. The molecule has 4 rings (SSSR count). The van der Waals surface area contributed by atoms with Gasteiger partial charge >= 0.3 is 5.97 Å². The molecule has 10 heteroatoms. The topological polar surface area (TPSA) is 109 Å². The molecule has 2 aromatic rings. The van der Waals surface area contributed by atoms with E-state index in [0.29, 0.717) is 11.6 Å². The van der Waals surface area contributed by atoms with E-state index in [9.17, 15) is 23.9 Å². The highest BCUT2D eigenvalue weighted by Crippen LogP contribution is 2.30. The lowest BCUT2D eigenvalue weighted by molar-refractivity contribution is -0.154. The van der Waals surface area contributed by atoms with Crippen molar-refractivity contribution in [3.8, 4) is 0 Å². The van der Waals surface area contributed by atoms with Crippen molar-refractivity contribution in [2.45, 2.75) is 32.5 Å². The zero-order valence-electron chi connectivity index (χ0n) is 15.1. The van der Waals surface area contributed by atoms with E-state index >= 15 is 0 Å². The zero-order valence-corrected chi connectivity index (χ0v) is 15.1. The van der Waals surface area contributed by atoms with Crippen LogP contribution in [0.5, 0.6) is 0 Å². The van der Waals surface area contributed by atoms with Crippen LogP contribution in [-0.2, 0) is 27.5 Å². The number of aryl methyl sites for hydroxylation is 1. The van der Waals surface area contributed by atoms with Crippen molar-refractivity contribution in [1.82, 2.24) is 19.7 Å². The number of carbonyl (C=O) groups excluding carboxylic acids is 2. The van der Waals surface area contributed by atoms with E-state index in [2.05, 4.69) is 10.2 Å². The van der Waals surface area contributed by atoms with Gasteiger partial charge in [0, 0.05) is 13.0 Å². The van der Waals surface area contributed by atoms with E-state index in [-0.39, 0.29) is 37.6 Å². The smallest absolute Gasteiger partial charge is 0.328 e. The molecule has 2 amide bonds. The van der Waals surface area contributed by atoms with Crippen LogP contribution in [0, 0.1) is 18.7 Å². The van der Waals surface area contributed by atoms with E-state index in [4.69, 9.17) is 0 Å². The maximum absolute atomic E-state index is 14.0. The van der Waals surface area contributed by atoms with Crippen LogP contribution in [0.25, 0.3) is 0 Å².